The van der Waals surface area contributed by atoms with Gasteiger partial charge < -0.3 is 15.7 Å². The fourth-order valence-electron chi connectivity index (χ4n) is 3.00. The lowest BCUT2D eigenvalue weighted by molar-refractivity contribution is -0.123. The molecule has 0 unspecified atom stereocenters. The first-order chi connectivity index (χ1) is 9.80. The van der Waals surface area contributed by atoms with Gasteiger partial charge in [0.2, 0.25) is 5.91 Å². The van der Waals surface area contributed by atoms with Gasteiger partial charge in [0.15, 0.2) is 0 Å². The van der Waals surface area contributed by atoms with E-state index in [4.69, 9.17) is 9.90 Å². The molecule has 0 aromatic carbocycles. The van der Waals surface area contributed by atoms with Gasteiger partial charge in [-0.05, 0) is 40.5 Å². The number of piperidine rings is 1. The molecule has 7 nitrogen and oxygen atoms in total. The first-order valence-corrected chi connectivity index (χ1v) is 9.20. The summed E-state index contributed by atoms with van der Waals surface area (Å²) in [6, 6.07) is 0.0957. The fourth-order valence-corrected chi connectivity index (χ4v) is 3.56. The summed E-state index contributed by atoms with van der Waals surface area (Å²) in [5.41, 5.74) is -0.0624. The van der Waals surface area contributed by atoms with Crippen LogP contribution in [0.4, 0.5) is 0 Å². The van der Waals surface area contributed by atoms with Gasteiger partial charge in [-0.15, -0.1) is 0 Å². The molecule has 1 saturated heterocycles. The summed E-state index contributed by atoms with van der Waals surface area (Å²) in [5.74, 6) is -0.264. The number of carbonyl (C=O) groups excluding carboxylic acids is 1. The van der Waals surface area contributed by atoms with Gasteiger partial charge in [0.25, 0.3) is 6.47 Å². The molecule has 1 fully saturated rings. The van der Waals surface area contributed by atoms with Crippen LogP contribution in [-0.4, -0.2) is 55.0 Å². The third kappa shape index (κ3) is 9.73. The number of carboxylic acid groups (broad SMARTS) is 1. The second-order valence-electron chi connectivity index (χ2n) is 7.05. The third-order valence-electron chi connectivity index (χ3n) is 3.26. The molecule has 0 radical (unpaired) electrons. The molecule has 8 heteroatoms. The van der Waals surface area contributed by atoms with Crippen molar-refractivity contribution in [2.75, 3.05) is 12.0 Å². The minimum atomic E-state index is -3.08. The topological polar surface area (TPSA) is 113 Å². The van der Waals surface area contributed by atoms with Crippen LogP contribution in [0.25, 0.3) is 0 Å². The van der Waals surface area contributed by atoms with Crippen molar-refractivity contribution >= 4 is 22.2 Å². The molecular weight excluding hydrogens is 308 g/mol. The first kappa shape index (κ1) is 20.9. The van der Waals surface area contributed by atoms with Gasteiger partial charge in [0.1, 0.15) is 9.84 Å². The number of rotatable bonds is 4. The van der Waals surface area contributed by atoms with Crippen LogP contribution < -0.4 is 10.6 Å². The van der Waals surface area contributed by atoms with Gasteiger partial charge in [-0.3, -0.25) is 9.59 Å². The van der Waals surface area contributed by atoms with Crippen LogP contribution in [0.3, 0.4) is 0 Å². The van der Waals surface area contributed by atoms with Crippen LogP contribution in [0.5, 0.6) is 0 Å². The Kier molecular flexibility index (Phi) is 7.50. The van der Waals surface area contributed by atoms with E-state index in [1.54, 1.807) is 0 Å². The molecule has 0 aromatic rings. The molecule has 1 heterocycles. The average Bonchev–Trinajstić information content (AvgIpc) is 2.21. The second kappa shape index (κ2) is 7.92. The van der Waals surface area contributed by atoms with Crippen LogP contribution in [0.15, 0.2) is 0 Å². The van der Waals surface area contributed by atoms with E-state index in [1.165, 1.54) is 0 Å². The smallest absolute Gasteiger partial charge is 0.290 e. The van der Waals surface area contributed by atoms with E-state index < -0.39 is 9.84 Å². The van der Waals surface area contributed by atoms with E-state index in [0.717, 1.165) is 19.1 Å². The minimum absolute atomic E-state index is 0.0312. The van der Waals surface area contributed by atoms with E-state index in [2.05, 4.69) is 38.3 Å². The molecule has 0 atom stereocenters. The van der Waals surface area contributed by atoms with Crippen molar-refractivity contribution in [3.63, 3.8) is 0 Å². The van der Waals surface area contributed by atoms with E-state index >= 15 is 0 Å². The SMILES string of the molecule is CC1(C)CC(NC(=O)CCS(C)(=O)=O)CC(C)(C)N1.O=CO. The van der Waals surface area contributed by atoms with Crippen molar-refractivity contribution in [2.45, 2.75) is 64.1 Å². The highest BCUT2D eigenvalue weighted by molar-refractivity contribution is 7.90. The lowest BCUT2D eigenvalue weighted by Crippen LogP contribution is -2.62. The minimum Gasteiger partial charge on any atom is -0.483 e. The molecule has 0 bridgehead atoms. The van der Waals surface area contributed by atoms with Gasteiger partial charge in [0, 0.05) is 29.8 Å². The summed E-state index contributed by atoms with van der Waals surface area (Å²) in [6.07, 6.45) is 2.89. The van der Waals surface area contributed by atoms with Crippen LogP contribution in [0, 0.1) is 0 Å². The normalized spacial score (nSPS) is 20.4. The van der Waals surface area contributed by atoms with Gasteiger partial charge in [-0.25, -0.2) is 8.42 Å². The maximum Gasteiger partial charge on any atom is 0.290 e. The Morgan fingerprint density at radius 2 is 1.68 bits per heavy atom. The lowest BCUT2D eigenvalue weighted by Gasteiger charge is -2.46. The van der Waals surface area contributed by atoms with Crippen molar-refractivity contribution in [1.29, 1.82) is 0 Å². The van der Waals surface area contributed by atoms with Crippen molar-refractivity contribution in [2.24, 2.45) is 0 Å². The van der Waals surface area contributed by atoms with Gasteiger partial charge in [0.05, 0.1) is 5.75 Å². The highest BCUT2D eigenvalue weighted by atomic mass is 32.2. The standard InChI is InChI=1S/C13H26N2O3S.CH2O2/c1-12(2)8-10(9-13(3,4)15-12)14-11(16)6-7-19(5,17)18;2-1-3/h10,15H,6-9H2,1-5H3,(H,14,16);1H,(H,2,3). The van der Waals surface area contributed by atoms with E-state index in [9.17, 15) is 13.2 Å². The average molecular weight is 336 g/mol. The summed E-state index contributed by atoms with van der Waals surface area (Å²) < 4.78 is 22.1. The maximum absolute atomic E-state index is 11.8. The highest BCUT2D eigenvalue weighted by Gasteiger charge is 2.38. The molecule has 130 valence electrons. The fraction of sp³-hybridized carbons (Fsp3) is 0.857. The van der Waals surface area contributed by atoms with E-state index in [1.807, 2.05) is 0 Å². The van der Waals surface area contributed by atoms with Crippen molar-refractivity contribution in [1.82, 2.24) is 10.6 Å². The van der Waals surface area contributed by atoms with Crippen molar-refractivity contribution in [3.05, 3.63) is 0 Å². The molecular formula is C14H28N2O5S. The predicted molar refractivity (Wildman–Crippen MR) is 85.5 cm³/mol. The third-order valence-corrected chi connectivity index (χ3v) is 4.20. The number of sulfone groups is 1. The number of hydrogen-bond acceptors (Lipinski definition) is 5. The summed E-state index contributed by atoms with van der Waals surface area (Å²) in [4.78, 5) is 20.1. The Labute approximate surface area is 132 Å². The summed E-state index contributed by atoms with van der Waals surface area (Å²) in [7, 11) is -3.08. The van der Waals surface area contributed by atoms with Gasteiger partial charge in [-0.2, -0.15) is 0 Å². The molecule has 0 aromatic heterocycles. The van der Waals surface area contributed by atoms with E-state index in [-0.39, 0.29) is 41.7 Å². The number of amides is 1. The Hall–Kier alpha value is -1.15. The summed E-state index contributed by atoms with van der Waals surface area (Å²) in [6.45, 7) is 8.21. The molecule has 0 aliphatic carbocycles. The Bertz CT molecular complexity index is 469. The summed E-state index contributed by atoms with van der Waals surface area (Å²) in [5, 5.41) is 13.4. The quantitative estimate of drug-likeness (QED) is 0.646. The molecule has 22 heavy (non-hydrogen) atoms. The van der Waals surface area contributed by atoms with E-state index in [0.29, 0.717) is 0 Å². The Morgan fingerprint density at radius 1 is 1.27 bits per heavy atom. The van der Waals surface area contributed by atoms with Crippen LogP contribution in [0.1, 0.15) is 47.0 Å². The van der Waals surface area contributed by atoms with Gasteiger partial charge in [-0.1, -0.05) is 0 Å². The zero-order chi connectivity index (χ0) is 17.6. The number of hydrogen-bond donors (Lipinski definition) is 3. The first-order valence-electron chi connectivity index (χ1n) is 7.14. The van der Waals surface area contributed by atoms with Crippen LogP contribution >= 0.6 is 0 Å². The van der Waals surface area contributed by atoms with Crippen LogP contribution in [0.2, 0.25) is 0 Å². The zero-order valence-corrected chi connectivity index (χ0v) is 14.8. The van der Waals surface area contributed by atoms with Crippen LogP contribution in [-0.2, 0) is 19.4 Å². The van der Waals surface area contributed by atoms with Crippen molar-refractivity contribution in [3.8, 4) is 0 Å². The summed E-state index contributed by atoms with van der Waals surface area (Å²) >= 11 is 0. The number of nitrogens with one attached hydrogen (secondary N) is 2. The monoisotopic (exact) mass is 336 g/mol. The largest absolute Gasteiger partial charge is 0.483 e. The second-order valence-corrected chi connectivity index (χ2v) is 9.31. The highest BCUT2D eigenvalue weighted by Crippen LogP contribution is 2.28. The van der Waals surface area contributed by atoms with Crippen molar-refractivity contribution < 1.29 is 23.1 Å². The molecule has 1 rings (SSSR count). The molecule has 0 saturated carbocycles. The molecule has 1 aliphatic rings. The molecule has 1 amide bonds. The molecule has 3 N–H and O–H groups in total. The predicted octanol–water partition coefficient (Wildman–Crippen LogP) is 0.547. The molecule has 0 spiro atoms. The Balaban J connectivity index is 0.00000135. The Morgan fingerprint density at radius 3 is 2.05 bits per heavy atom. The zero-order valence-electron chi connectivity index (χ0n) is 14.0. The molecule has 1 aliphatic heterocycles. The maximum atomic E-state index is 11.8. The lowest BCUT2D eigenvalue weighted by atomic mass is 9.79. The number of carbonyl (C=O) groups is 2. The van der Waals surface area contributed by atoms with Gasteiger partial charge >= 0.3 is 0 Å².